The summed E-state index contributed by atoms with van der Waals surface area (Å²) in [5.74, 6) is -0.180. The first-order chi connectivity index (χ1) is 17.7. The Bertz CT molecular complexity index is 1370. The number of morpholine rings is 1. The van der Waals surface area contributed by atoms with E-state index in [1.807, 2.05) is 19.9 Å². The van der Waals surface area contributed by atoms with Crippen LogP contribution in [0, 0.1) is 0 Å². The molecule has 0 aliphatic carbocycles. The third kappa shape index (κ3) is 6.66. The van der Waals surface area contributed by atoms with Gasteiger partial charge in [-0.15, -0.1) is 0 Å². The summed E-state index contributed by atoms with van der Waals surface area (Å²) in [5.41, 5.74) is 1.20. The van der Waals surface area contributed by atoms with Crippen LogP contribution in [-0.4, -0.2) is 75.0 Å². The lowest BCUT2D eigenvalue weighted by Gasteiger charge is -2.30. The maximum atomic E-state index is 13.7. The fourth-order valence-electron chi connectivity index (χ4n) is 4.42. The normalized spacial score (nSPS) is 15.5. The first-order valence-electron chi connectivity index (χ1n) is 12.4. The molecule has 0 radical (unpaired) electrons. The number of imidazole rings is 1. The van der Waals surface area contributed by atoms with E-state index < -0.39 is 19.9 Å². The van der Waals surface area contributed by atoms with Crippen LogP contribution in [0.5, 0.6) is 0 Å². The van der Waals surface area contributed by atoms with E-state index in [4.69, 9.17) is 4.74 Å². The van der Waals surface area contributed by atoms with E-state index in [2.05, 4.69) is 9.88 Å². The number of aromatic nitrogens is 2. The Balaban J connectivity index is 1.65. The van der Waals surface area contributed by atoms with Gasteiger partial charge in [0.15, 0.2) is 0 Å². The molecular formula is C26H34N4O5S2. The van der Waals surface area contributed by atoms with E-state index in [0.717, 1.165) is 13.1 Å². The average molecular weight is 547 g/mol. The van der Waals surface area contributed by atoms with Gasteiger partial charge >= 0.3 is 0 Å². The van der Waals surface area contributed by atoms with Gasteiger partial charge in [0.1, 0.15) is 0 Å². The highest BCUT2D eigenvalue weighted by molar-refractivity contribution is 7.90. The van der Waals surface area contributed by atoms with Gasteiger partial charge in [0, 0.05) is 32.2 Å². The molecule has 0 bridgehead atoms. The monoisotopic (exact) mass is 546 g/mol. The van der Waals surface area contributed by atoms with Gasteiger partial charge in [-0.1, -0.05) is 48.5 Å². The molecule has 200 valence electrons. The molecule has 0 atom stereocenters. The Morgan fingerprint density at radius 3 is 2.19 bits per heavy atom. The zero-order chi connectivity index (χ0) is 26.5. The molecule has 1 fully saturated rings. The number of rotatable bonds is 11. The Morgan fingerprint density at radius 2 is 1.57 bits per heavy atom. The molecule has 37 heavy (non-hydrogen) atoms. The SMILES string of the molecule is CC(C)n1c(CN(CCN2CCOCC2)S(=O)(=O)c2ccccc2)cnc1S(=O)(=O)Cc1ccccc1. The molecule has 0 N–H and O–H groups in total. The Labute approximate surface area is 219 Å². The molecule has 2 heterocycles. The predicted molar refractivity (Wildman–Crippen MR) is 141 cm³/mol. The van der Waals surface area contributed by atoms with Crippen molar-refractivity contribution in [3.05, 3.63) is 78.1 Å². The molecule has 9 nitrogen and oxygen atoms in total. The van der Waals surface area contributed by atoms with E-state index in [0.29, 0.717) is 31.0 Å². The highest BCUT2D eigenvalue weighted by Gasteiger charge is 2.30. The molecule has 11 heteroatoms. The number of nitrogens with zero attached hydrogens (tertiary/aromatic N) is 4. The van der Waals surface area contributed by atoms with Crippen LogP contribution in [0.25, 0.3) is 0 Å². The summed E-state index contributed by atoms with van der Waals surface area (Å²) in [5, 5.41) is -0.0495. The van der Waals surface area contributed by atoms with Gasteiger partial charge in [-0.3, -0.25) is 4.90 Å². The van der Waals surface area contributed by atoms with Gasteiger partial charge in [0.25, 0.3) is 0 Å². The Kier molecular flexibility index (Phi) is 8.81. The molecule has 4 rings (SSSR count). The zero-order valence-corrected chi connectivity index (χ0v) is 22.9. The molecule has 1 aromatic heterocycles. The van der Waals surface area contributed by atoms with Crippen LogP contribution in [0.4, 0.5) is 0 Å². The van der Waals surface area contributed by atoms with Crippen molar-refractivity contribution in [3.8, 4) is 0 Å². The van der Waals surface area contributed by atoms with Crippen LogP contribution in [0.2, 0.25) is 0 Å². The summed E-state index contributed by atoms with van der Waals surface area (Å²) < 4.78 is 62.5. The zero-order valence-electron chi connectivity index (χ0n) is 21.2. The second-order valence-electron chi connectivity index (χ2n) is 9.35. The van der Waals surface area contributed by atoms with Gasteiger partial charge in [-0.2, -0.15) is 4.31 Å². The number of sulfone groups is 1. The first kappa shape index (κ1) is 27.5. The minimum absolute atomic E-state index is 0.00754. The maximum absolute atomic E-state index is 13.7. The van der Waals surface area contributed by atoms with Crippen molar-refractivity contribution < 1.29 is 21.6 Å². The van der Waals surface area contributed by atoms with E-state index in [-0.39, 0.29) is 34.9 Å². The number of benzene rings is 2. The van der Waals surface area contributed by atoms with Crippen molar-refractivity contribution in [2.24, 2.45) is 0 Å². The van der Waals surface area contributed by atoms with Crippen LogP contribution >= 0.6 is 0 Å². The van der Waals surface area contributed by atoms with Gasteiger partial charge in [0.05, 0.1) is 42.3 Å². The van der Waals surface area contributed by atoms with Crippen molar-refractivity contribution in [3.63, 3.8) is 0 Å². The molecule has 2 aromatic carbocycles. The second-order valence-corrected chi connectivity index (χ2v) is 13.2. The summed E-state index contributed by atoms with van der Waals surface area (Å²) in [6, 6.07) is 17.0. The summed E-state index contributed by atoms with van der Waals surface area (Å²) >= 11 is 0. The van der Waals surface area contributed by atoms with Crippen molar-refractivity contribution in [2.45, 2.75) is 42.2 Å². The molecule has 0 unspecified atom stereocenters. The average Bonchev–Trinajstić information content (AvgIpc) is 3.33. The molecule has 0 saturated carbocycles. The number of sulfonamides is 1. The third-order valence-electron chi connectivity index (χ3n) is 6.32. The number of hydrogen-bond donors (Lipinski definition) is 0. The molecule has 0 spiro atoms. The lowest BCUT2D eigenvalue weighted by atomic mass is 10.2. The van der Waals surface area contributed by atoms with Gasteiger partial charge < -0.3 is 9.30 Å². The largest absolute Gasteiger partial charge is 0.379 e. The molecule has 3 aromatic rings. The lowest BCUT2D eigenvalue weighted by molar-refractivity contribution is 0.0361. The predicted octanol–water partition coefficient (Wildman–Crippen LogP) is 2.96. The van der Waals surface area contributed by atoms with Crippen LogP contribution in [-0.2, 0) is 36.9 Å². The number of hydrogen-bond acceptors (Lipinski definition) is 7. The summed E-state index contributed by atoms with van der Waals surface area (Å²) in [7, 11) is -7.59. The topological polar surface area (TPSA) is 102 Å². The van der Waals surface area contributed by atoms with Gasteiger partial charge in [-0.25, -0.2) is 21.8 Å². The van der Waals surface area contributed by atoms with E-state index in [1.165, 1.54) is 10.5 Å². The minimum atomic E-state index is -3.83. The van der Waals surface area contributed by atoms with Crippen LogP contribution in [0.15, 0.2) is 76.9 Å². The Morgan fingerprint density at radius 1 is 0.946 bits per heavy atom. The highest BCUT2D eigenvalue weighted by Crippen LogP contribution is 2.25. The Hall–Kier alpha value is -2.57. The number of ether oxygens (including phenoxy) is 1. The fourth-order valence-corrected chi connectivity index (χ4v) is 7.44. The third-order valence-corrected chi connectivity index (χ3v) is 9.75. The minimum Gasteiger partial charge on any atom is -0.379 e. The molecule has 1 aliphatic heterocycles. The van der Waals surface area contributed by atoms with E-state index in [1.54, 1.807) is 59.2 Å². The maximum Gasteiger partial charge on any atom is 0.243 e. The quantitative estimate of drug-likeness (QED) is 0.364. The van der Waals surface area contributed by atoms with E-state index in [9.17, 15) is 16.8 Å². The smallest absolute Gasteiger partial charge is 0.243 e. The summed E-state index contributed by atoms with van der Waals surface area (Å²) in [6.45, 7) is 7.27. The van der Waals surface area contributed by atoms with Crippen molar-refractivity contribution in [2.75, 3.05) is 39.4 Å². The van der Waals surface area contributed by atoms with Crippen molar-refractivity contribution in [1.82, 2.24) is 18.8 Å². The molecule has 0 amide bonds. The van der Waals surface area contributed by atoms with Crippen molar-refractivity contribution >= 4 is 19.9 Å². The lowest BCUT2D eigenvalue weighted by Crippen LogP contribution is -2.43. The van der Waals surface area contributed by atoms with Crippen LogP contribution in [0.1, 0.15) is 31.1 Å². The molecular weight excluding hydrogens is 512 g/mol. The standard InChI is InChI=1S/C26H34N4O5S2/c1-22(2)30-24(19-27-26(30)36(31,32)21-23-9-5-3-6-10-23)20-29(14-13-28-15-17-35-18-16-28)37(33,34)25-11-7-4-8-12-25/h3-12,19,22H,13-18,20-21H2,1-2H3. The van der Waals surface area contributed by atoms with E-state index >= 15 is 0 Å². The van der Waals surface area contributed by atoms with Crippen LogP contribution in [0.3, 0.4) is 0 Å². The van der Waals surface area contributed by atoms with Gasteiger partial charge in [-0.05, 0) is 31.5 Å². The molecule has 1 aliphatic rings. The fraction of sp³-hybridized carbons (Fsp3) is 0.423. The summed E-state index contributed by atoms with van der Waals surface area (Å²) in [6.07, 6.45) is 1.49. The van der Waals surface area contributed by atoms with Gasteiger partial charge in [0.2, 0.25) is 25.0 Å². The summed E-state index contributed by atoms with van der Waals surface area (Å²) in [4.78, 5) is 6.66. The highest BCUT2D eigenvalue weighted by atomic mass is 32.2. The molecule has 1 saturated heterocycles. The van der Waals surface area contributed by atoms with Crippen LogP contribution < -0.4 is 0 Å². The first-order valence-corrected chi connectivity index (χ1v) is 15.5. The second kappa shape index (κ2) is 11.9. The van der Waals surface area contributed by atoms with Crippen molar-refractivity contribution in [1.29, 1.82) is 0 Å².